The lowest BCUT2D eigenvalue weighted by Crippen LogP contribution is -2.41. The Balaban J connectivity index is 1.55. The van der Waals surface area contributed by atoms with E-state index in [9.17, 15) is 9.59 Å². The van der Waals surface area contributed by atoms with Gasteiger partial charge >= 0.3 is 0 Å². The number of amides is 2. The van der Waals surface area contributed by atoms with Crippen molar-refractivity contribution in [2.24, 2.45) is 0 Å². The van der Waals surface area contributed by atoms with Gasteiger partial charge in [0, 0.05) is 25.6 Å². The molecule has 0 saturated carbocycles. The second-order valence-electron chi connectivity index (χ2n) is 7.70. The number of carbonyl (C=O) groups excluding carboxylic acids is 2. The molecule has 8 heteroatoms. The highest BCUT2D eigenvalue weighted by Gasteiger charge is 2.26. The Kier molecular flexibility index (Phi) is 6.85. The van der Waals surface area contributed by atoms with Crippen molar-refractivity contribution in [2.45, 2.75) is 51.6 Å². The quantitative estimate of drug-likeness (QED) is 0.771. The first-order chi connectivity index (χ1) is 14.0. The van der Waals surface area contributed by atoms with Crippen LogP contribution in [0.1, 0.15) is 55.2 Å². The van der Waals surface area contributed by atoms with Crippen molar-refractivity contribution < 1.29 is 14.3 Å². The summed E-state index contributed by atoms with van der Waals surface area (Å²) in [5.41, 5.74) is 1.42. The minimum absolute atomic E-state index is 0.0427. The van der Waals surface area contributed by atoms with Gasteiger partial charge in [-0.15, -0.1) is 5.10 Å². The third kappa shape index (κ3) is 5.56. The van der Waals surface area contributed by atoms with Gasteiger partial charge in [0.25, 0.3) is 5.91 Å². The summed E-state index contributed by atoms with van der Waals surface area (Å²) in [7, 11) is 1.64. The van der Waals surface area contributed by atoms with Crippen LogP contribution in [0.5, 0.6) is 5.75 Å². The van der Waals surface area contributed by atoms with Crippen molar-refractivity contribution in [2.75, 3.05) is 20.2 Å². The number of aromatic nitrogens is 3. The normalized spacial score (nSPS) is 16.7. The summed E-state index contributed by atoms with van der Waals surface area (Å²) in [5, 5.41) is 10.9. The number of likely N-dealkylation sites (tertiary alicyclic amines) is 1. The molecule has 0 bridgehead atoms. The number of nitrogens with zero attached hydrogens (tertiary/aromatic N) is 4. The number of methoxy groups -OCH3 is 1. The van der Waals surface area contributed by atoms with E-state index >= 15 is 0 Å². The van der Waals surface area contributed by atoms with Gasteiger partial charge in [-0.05, 0) is 50.8 Å². The molecule has 156 valence electrons. The molecule has 1 aromatic heterocycles. The number of hydrogen-bond acceptors (Lipinski definition) is 5. The van der Waals surface area contributed by atoms with Gasteiger partial charge in [0.15, 0.2) is 5.69 Å². The van der Waals surface area contributed by atoms with Crippen molar-refractivity contribution in [3.8, 4) is 5.75 Å². The lowest BCUT2D eigenvalue weighted by Gasteiger charge is -2.32. The van der Waals surface area contributed by atoms with Gasteiger partial charge in [-0.25, -0.2) is 4.68 Å². The summed E-state index contributed by atoms with van der Waals surface area (Å²) in [6.45, 7) is 5.15. The monoisotopic (exact) mass is 399 g/mol. The molecule has 0 spiro atoms. The number of ether oxygens (including phenoxy) is 1. The largest absolute Gasteiger partial charge is 0.497 e. The first kappa shape index (κ1) is 20.8. The predicted molar refractivity (Wildman–Crippen MR) is 109 cm³/mol. The molecule has 1 aliphatic rings. The minimum atomic E-state index is -0.227. The molecule has 3 rings (SSSR count). The van der Waals surface area contributed by atoms with Crippen molar-refractivity contribution in [1.82, 2.24) is 25.2 Å². The molecular formula is C21H29N5O3. The van der Waals surface area contributed by atoms with Crippen LogP contribution in [0, 0.1) is 0 Å². The summed E-state index contributed by atoms with van der Waals surface area (Å²) >= 11 is 0. The van der Waals surface area contributed by atoms with Gasteiger partial charge in [-0.2, -0.15) is 0 Å². The summed E-state index contributed by atoms with van der Waals surface area (Å²) in [5.74, 6) is 0.728. The fourth-order valence-corrected chi connectivity index (χ4v) is 3.49. The molecule has 2 heterocycles. The Morgan fingerprint density at radius 1 is 1.28 bits per heavy atom. The number of aryl methyl sites for hydroxylation is 1. The average molecular weight is 399 g/mol. The maximum Gasteiger partial charge on any atom is 0.273 e. The zero-order chi connectivity index (χ0) is 20.8. The fraction of sp³-hybridized carbons (Fsp3) is 0.524. The van der Waals surface area contributed by atoms with Crippen molar-refractivity contribution in [1.29, 1.82) is 0 Å². The Morgan fingerprint density at radius 3 is 2.72 bits per heavy atom. The van der Waals surface area contributed by atoms with Crippen LogP contribution in [0.3, 0.4) is 0 Å². The van der Waals surface area contributed by atoms with E-state index in [0.717, 1.165) is 30.7 Å². The zero-order valence-electron chi connectivity index (χ0n) is 17.3. The standard InChI is InChI=1S/C21H29N5O3/c1-15(2)22-21(28)19-14-26(24-23-19)17-5-4-12-25(13-17)20(27)11-8-16-6-9-18(29-3)10-7-16/h6-7,9-10,14-15,17H,4-5,8,11-13H2,1-3H3,(H,22,28)/t17-/m1/s1. The molecule has 1 saturated heterocycles. The molecule has 1 N–H and O–H groups in total. The van der Waals surface area contributed by atoms with Crippen LogP contribution < -0.4 is 10.1 Å². The SMILES string of the molecule is COc1ccc(CCC(=O)N2CCC[C@@H](n3cc(C(=O)NC(C)C)nn3)C2)cc1. The Hall–Kier alpha value is -2.90. The Morgan fingerprint density at radius 2 is 2.03 bits per heavy atom. The third-order valence-electron chi connectivity index (χ3n) is 5.07. The Labute approximate surface area is 171 Å². The number of carbonyl (C=O) groups is 2. The lowest BCUT2D eigenvalue weighted by atomic mass is 10.0. The van der Waals surface area contributed by atoms with Crippen LogP contribution in [0.2, 0.25) is 0 Å². The minimum Gasteiger partial charge on any atom is -0.497 e. The highest BCUT2D eigenvalue weighted by Crippen LogP contribution is 2.22. The second kappa shape index (κ2) is 9.54. The highest BCUT2D eigenvalue weighted by atomic mass is 16.5. The number of benzene rings is 1. The van der Waals surface area contributed by atoms with E-state index in [2.05, 4.69) is 15.6 Å². The van der Waals surface area contributed by atoms with E-state index in [1.165, 1.54) is 0 Å². The molecule has 1 atom stereocenters. The van der Waals surface area contributed by atoms with E-state index in [1.54, 1.807) is 18.0 Å². The zero-order valence-corrected chi connectivity index (χ0v) is 17.3. The number of nitrogens with one attached hydrogen (secondary N) is 1. The number of piperidine rings is 1. The van der Waals surface area contributed by atoms with Gasteiger partial charge in [-0.3, -0.25) is 9.59 Å². The number of rotatable bonds is 7. The van der Waals surface area contributed by atoms with Crippen LogP contribution in [0.4, 0.5) is 0 Å². The fourth-order valence-electron chi connectivity index (χ4n) is 3.49. The summed E-state index contributed by atoms with van der Waals surface area (Å²) in [6, 6.07) is 7.89. The van der Waals surface area contributed by atoms with Crippen LogP contribution in [-0.4, -0.2) is 57.9 Å². The third-order valence-corrected chi connectivity index (χ3v) is 5.07. The first-order valence-corrected chi connectivity index (χ1v) is 10.1. The maximum absolute atomic E-state index is 12.7. The molecule has 0 radical (unpaired) electrons. The molecular weight excluding hydrogens is 370 g/mol. The molecule has 2 aromatic rings. The summed E-state index contributed by atoms with van der Waals surface area (Å²) < 4.78 is 6.89. The van der Waals surface area contributed by atoms with Crippen molar-refractivity contribution >= 4 is 11.8 Å². The van der Waals surface area contributed by atoms with Crippen LogP contribution in [0.25, 0.3) is 0 Å². The molecule has 1 aliphatic heterocycles. The van der Waals surface area contributed by atoms with Gasteiger partial charge in [-0.1, -0.05) is 17.3 Å². The molecule has 29 heavy (non-hydrogen) atoms. The van der Waals surface area contributed by atoms with Gasteiger partial charge in [0.1, 0.15) is 5.75 Å². The predicted octanol–water partition coefficient (Wildman–Crippen LogP) is 2.22. The smallest absolute Gasteiger partial charge is 0.273 e. The first-order valence-electron chi connectivity index (χ1n) is 10.1. The molecule has 1 fully saturated rings. The van der Waals surface area contributed by atoms with Crippen LogP contribution >= 0.6 is 0 Å². The van der Waals surface area contributed by atoms with Crippen LogP contribution in [-0.2, 0) is 11.2 Å². The van der Waals surface area contributed by atoms with E-state index in [-0.39, 0.29) is 23.9 Å². The molecule has 1 aromatic carbocycles. The maximum atomic E-state index is 12.7. The van der Waals surface area contributed by atoms with Crippen molar-refractivity contribution in [3.63, 3.8) is 0 Å². The van der Waals surface area contributed by atoms with E-state index < -0.39 is 0 Å². The topological polar surface area (TPSA) is 89.4 Å². The van der Waals surface area contributed by atoms with E-state index in [0.29, 0.717) is 25.1 Å². The summed E-state index contributed by atoms with van der Waals surface area (Å²) in [4.78, 5) is 26.7. The summed E-state index contributed by atoms with van der Waals surface area (Å²) in [6.07, 6.45) is 4.67. The second-order valence-corrected chi connectivity index (χ2v) is 7.70. The molecule has 0 unspecified atom stereocenters. The molecule has 2 amide bonds. The van der Waals surface area contributed by atoms with E-state index in [4.69, 9.17) is 4.74 Å². The highest BCUT2D eigenvalue weighted by molar-refractivity contribution is 5.92. The lowest BCUT2D eigenvalue weighted by molar-refractivity contribution is -0.132. The van der Waals surface area contributed by atoms with Gasteiger partial charge in [0.05, 0.1) is 19.3 Å². The van der Waals surface area contributed by atoms with Crippen LogP contribution in [0.15, 0.2) is 30.5 Å². The van der Waals surface area contributed by atoms with Gasteiger partial charge in [0.2, 0.25) is 5.91 Å². The molecule has 8 nitrogen and oxygen atoms in total. The Bertz CT molecular complexity index is 831. The van der Waals surface area contributed by atoms with Crippen molar-refractivity contribution in [3.05, 3.63) is 41.7 Å². The number of hydrogen-bond donors (Lipinski definition) is 1. The molecule has 0 aliphatic carbocycles. The average Bonchev–Trinajstić information content (AvgIpc) is 3.22. The van der Waals surface area contributed by atoms with E-state index in [1.807, 2.05) is 43.0 Å². The van der Waals surface area contributed by atoms with Gasteiger partial charge < -0.3 is 15.0 Å².